The number of benzene rings is 1. The zero-order valence-corrected chi connectivity index (χ0v) is 13.0. The van der Waals surface area contributed by atoms with Gasteiger partial charge in [0.15, 0.2) is 0 Å². The Morgan fingerprint density at radius 3 is 2.43 bits per heavy atom. The molecule has 0 aliphatic rings. The molecule has 0 amide bonds. The minimum absolute atomic E-state index is 0.443. The van der Waals surface area contributed by atoms with Crippen molar-refractivity contribution in [1.29, 1.82) is 0 Å². The Kier molecular flexibility index (Phi) is 5.15. The minimum atomic E-state index is 0.443. The van der Waals surface area contributed by atoms with Gasteiger partial charge in [-0.05, 0) is 36.6 Å². The van der Waals surface area contributed by atoms with Crippen LogP contribution in [-0.2, 0) is 0 Å². The van der Waals surface area contributed by atoms with Crippen LogP contribution in [0, 0.1) is 6.92 Å². The lowest BCUT2D eigenvalue weighted by Gasteiger charge is -2.13. The van der Waals surface area contributed by atoms with Crippen molar-refractivity contribution in [3.63, 3.8) is 0 Å². The number of rotatable bonds is 3. The van der Waals surface area contributed by atoms with Gasteiger partial charge in [-0.1, -0.05) is 61.1 Å². The molecule has 0 aromatic heterocycles. The third-order valence-corrected chi connectivity index (χ3v) is 4.65. The number of halogens is 3. The van der Waals surface area contributed by atoms with Crippen LogP contribution in [0.25, 0.3) is 0 Å². The van der Waals surface area contributed by atoms with Gasteiger partial charge in [-0.25, -0.2) is 0 Å². The summed E-state index contributed by atoms with van der Waals surface area (Å²) < 4.78 is 2.37. The first-order valence-corrected chi connectivity index (χ1v) is 7.16. The number of hydrogen-bond acceptors (Lipinski definition) is 0. The highest BCUT2D eigenvalue weighted by atomic mass is 79.9. The lowest BCUT2D eigenvalue weighted by atomic mass is 10.1. The second-order valence-electron chi connectivity index (χ2n) is 3.38. The quantitative estimate of drug-likeness (QED) is 0.581. The molecule has 0 aliphatic heterocycles. The lowest BCUT2D eigenvalue weighted by Crippen LogP contribution is -1.92. The van der Waals surface area contributed by atoms with E-state index in [1.165, 1.54) is 26.5 Å². The molecule has 0 spiro atoms. The van der Waals surface area contributed by atoms with Crippen molar-refractivity contribution < 1.29 is 0 Å². The molecule has 0 nitrogen and oxygen atoms in total. The summed E-state index contributed by atoms with van der Waals surface area (Å²) in [6.45, 7) is 4.30. The van der Waals surface area contributed by atoms with E-state index < -0.39 is 0 Å². The number of aryl methyl sites for hydroxylation is 1. The fourth-order valence-corrected chi connectivity index (χ4v) is 3.55. The van der Waals surface area contributed by atoms with Crippen molar-refractivity contribution in [3.8, 4) is 0 Å². The Balaban J connectivity index is 3.02. The molecule has 3 heteroatoms. The van der Waals surface area contributed by atoms with Gasteiger partial charge in [0.2, 0.25) is 0 Å². The van der Waals surface area contributed by atoms with Crippen LogP contribution < -0.4 is 0 Å². The molecule has 0 saturated heterocycles. The van der Waals surface area contributed by atoms with E-state index in [1.54, 1.807) is 0 Å². The Hall–Kier alpha value is 0.660. The van der Waals surface area contributed by atoms with Gasteiger partial charge in [-0.3, -0.25) is 0 Å². The molecular weight excluding hydrogens is 372 g/mol. The van der Waals surface area contributed by atoms with Crippen molar-refractivity contribution in [1.82, 2.24) is 0 Å². The Labute approximate surface area is 111 Å². The molecule has 1 aromatic carbocycles. The van der Waals surface area contributed by atoms with Crippen molar-refractivity contribution in [2.24, 2.45) is 0 Å². The average Bonchev–Trinajstić information content (AvgIpc) is 2.11. The Morgan fingerprint density at radius 1 is 1.21 bits per heavy atom. The fraction of sp³-hybridized carbons (Fsp3) is 0.455. The molecule has 0 heterocycles. The zero-order chi connectivity index (χ0) is 10.7. The molecule has 0 saturated carbocycles. The van der Waals surface area contributed by atoms with Crippen LogP contribution >= 0.6 is 47.8 Å². The van der Waals surface area contributed by atoms with Crippen LogP contribution in [0.3, 0.4) is 0 Å². The first-order valence-electron chi connectivity index (χ1n) is 4.65. The second-order valence-corrected chi connectivity index (χ2v) is 6.19. The Bertz CT molecular complexity index is 321. The van der Waals surface area contributed by atoms with E-state index in [2.05, 4.69) is 73.8 Å². The average molecular weight is 385 g/mol. The van der Waals surface area contributed by atoms with Crippen LogP contribution in [0.1, 0.15) is 35.7 Å². The van der Waals surface area contributed by atoms with Crippen LogP contribution in [0.2, 0.25) is 0 Å². The molecular formula is C11H13Br3. The first-order chi connectivity index (χ1) is 6.56. The van der Waals surface area contributed by atoms with Crippen molar-refractivity contribution in [3.05, 3.63) is 32.2 Å². The van der Waals surface area contributed by atoms with E-state index in [0.29, 0.717) is 4.83 Å². The highest BCUT2D eigenvalue weighted by Crippen LogP contribution is 2.36. The molecule has 0 radical (unpaired) electrons. The van der Waals surface area contributed by atoms with Gasteiger partial charge in [-0.15, -0.1) is 0 Å². The summed E-state index contributed by atoms with van der Waals surface area (Å²) in [4.78, 5) is 0.443. The zero-order valence-electron chi connectivity index (χ0n) is 8.28. The molecule has 1 rings (SSSR count). The van der Waals surface area contributed by atoms with Crippen LogP contribution in [-0.4, -0.2) is 0 Å². The Morgan fingerprint density at radius 2 is 1.86 bits per heavy atom. The summed E-state index contributed by atoms with van der Waals surface area (Å²) in [7, 11) is 0. The summed E-state index contributed by atoms with van der Waals surface area (Å²) in [5.41, 5.74) is 2.58. The highest BCUT2D eigenvalue weighted by molar-refractivity contribution is 9.11. The van der Waals surface area contributed by atoms with E-state index in [4.69, 9.17) is 0 Å². The van der Waals surface area contributed by atoms with Crippen molar-refractivity contribution in [2.75, 3.05) is 0 Å². The number of alkyl halides is 1. The van der Waals surface area contributed by atoms with Gasteiger partial charge in [-0.2, -0.15) is 0 Å². The molecule has 0 bridgehead atoms. The maximum absolute atomic E-state index is 3.70. The summed E-state index contributed by atoms with van der Waals surface area (Å²) in [6, 6.07) is 4.35. The van der Waals surface area contributed by atoms with Gasteiger partial charge < -0.3 is 0 Å². The summed E-state index contributed by atoms with van der Waals surface area (Å²) in [6.07, 6.45) is 2.35. The summed E-state index contributed by atoms with van der Waals surface area (Å²) in [5, 5.41) is 0. The molecule has 78 valence electrons. The largest absolute Gasteiger partial charge is 0.0838 e. The van der Waals surface area contributed by atoms with Crippen LogP contribution in [0.5, 0.6) is 0 Å². The van der Waals surface area contributed by atoms with Crippen molar-refractivity contribution in [2.45, 2.75) is 31.5 Å². The lowest BCUT2D eigenvalue weighted by molar-refractivity contribution is 0.785. The normalized spacial score (nSPS) is 12.9. The van der Waals surface area contributed by atoms with Crippen LogP contribution in [0.4, 0.5) is 0 Å². The smallest absolute Gasteiger partial charge is 0.0406 e. The van der Waals surface area contributed by atoms with E-state index in [0.717, 1.165) is 6.42 Å². The van der Waals surface area contributed by atoms with E-state index in [1.807, 2.05) is 0 Å². The standard InChI is InChI=1S/C11H13Br3/c1-3-4-9(12)8-6-10(13)7(2)5-11(8)14/h5-6,9H,3-4H2,1-2H3. The molecule has 0 fully saturated rings. The molecule has 0 N–H and O–H groups in total. The molecule has 0 aliphatic carbocycles. The van der Waals surface area contributed by atoms with Crippen LogP contribution in [0.15, 0.2) is 21.1 Å². The van der Waals surface area contributed by atoms with Gasteiger partial charge >= 0.3 is 0 Å². The summed E-state index contributed by atoms with van der Waals surface area (Å²) >= 11 is 10.9. The summed E-state index contributed by atoms with van der Waals surface area (Å²) in [5.74, 6) is 0. The van der Waals surface area contributed by atoms with E-state index in [-0.39, 0.29) is 0 Å². The van der Waals surface area contributed by atoms with Gasteiger partial charge in [0.25, 0.3) is 0 Å². The third kappa shape index (κ3) is 3.07. The maximum atomic E-state index is 3.70. The predicted molar refractivity (Wildman–Crippen MR) is 73.2 cm³/mol. The van der Waals surface area contributed by atoms with Gasteiger partial charge in [0.05, 0.1) is 0 Å². The minimum Gasteiger partial charge on any atom is -0.0838 e. The SMILES string of the molecule is CCCC(Br)c1cc(Br)c(C)cc1Br. The molecule has 14 heavy (non-hydrogen) atoms. The molecule has 1 aromatic rings. The predicted octanol–water partition coefficient (Wildman–Crippen LogP) is 5.76. The van der Waals surface area contributed by atoms with E-state index in [9.17, 15) is 0 Å². The molecule has 1 unspecified atom stereocenters. The monoisotopic (exact) mass is 382 g/mol. The van der Waals surface area contributed by atoms with Crippen molar-refractivity contribution >= 4 is 47.8 Å². The third-order valence-electron chi connectivity index (χ3n) is 2.16. The fourth-order valence-electron chi connectivity index (χ4n) is 1.31. The van der Waals surface area contributed by atoms with E-state index >= 15 is 0 Å². The topological polar surface area (TPSA) is 0 Å². The van der Waals surface area contributed by atoms with Gasteiger partial charge in [0, 0.05) is 13.8 Å². The first kappa shape index (κ1) is 12.7. The van der Waals surface area contributed by atoms with Gasteiger partial charge in [0.1, 0.15) is 0 Å². The second kappa shape index (κ2) is 5.66. The molecule has 1 atom stereocenters. The number of hydrogen-bond donors (Lipinski definition) is 0. The maximum Gasteiger partial charge on any atom is 0.0406 e. The highest BCUT2D eigenvalue weighted by Gasteiger charge is 2.11.